The molecule has 76 valence electrons. The van der Waals surface area contributed by atoms with Gasteiger partial charge < -0.3 is 14.2 Å². The molecule has 1 aliphatic rings. The second kappa shape index (κ2) is 3.95. The first-order valence-corrected chi connectivity index (χ1v) is 3.90. The summed E-state index contributed by atoms with van der Waals surface area (Å²) in [5.41, 5.74) is 0.259. The van der Waals surface area contributed by atoms with Crippen molar-refractivity contribution in [2.24, 2.45) is 0 Å². The van der Waals surface area contributed by atoms with Gasteiger partial charge in [-0.2, -0.15) is 0 Å². The summed E-state index contributed by atoms with van der Waals surface area (Å²) >= 11 is 0. The smallest absolute Gasteiger partial charge is 0.447 e. The maximum Gasteiger partial charge on any atom is 0.513 e. The molecule has 1 fully saturated rings. The Kier molecular flexibility index (Phi) is 2.91. The summed E-state index contributed by atoms with van der Waals surface area (Å²) in [6.07, 6.45) is -1.59. The van der Waals surface area contributed by atoms with Gasteiger partial charge in [0.25, 0.3) is 0 Å². The maximum atomic E-state index is 11.1. The first kappa shape index (κ1) is 10.3. The number of hydrogen-bond acceptors (Lipinski definition) is 5. The Hall–Kier alpha value is -1.78. The minimum Gasteiger partial charge on any atom is -0.447 e. The van der Waals surface area contributed by atoms with Crippen molar-refractivity contribution in [3.8, 4) is 0 Å². The van der Waals surface area contributed by atoms with Crippen LogP contribution in [0.1, 0.15) is 6.92 Å². The monoisotopic (exact) mass is 198 g/mol. The molecule has 0 radical (unpaired) electrons. The van der Waals surface area contributed by atoms with Crippen LogP contribution in [0.3, 0.4) is 0 Å². The Morgan fingerprint density at radius 1 is 1.64 bits per heavy atom. The number of hydrogen-bond donors (Lipinski definition) is 0. The van der Waals surface area contributed by atoms with E-state index in [0.29, 0.717) is 0 Å². The second-order valence-electron chi connectivity index (χ2n) is 2.80. The summed E-state index contributed by atoms with van der Waals surface area (Å²) in [5, 5.41) is 0. The summed E-state index contributed by atoms with van der Waals surface area (Å²) < 4.78 is 13.9. The van der Waals surface area contributed by atoms with Crippen LogP contribution >= 0.6 is 0 Å². The Morgan fingerprint density at radius 3 is 2.79 bits per heavy atom. The van der Waals surface area contributed by atoms with Crippen molar-refractivity contribution in [3.05, 3.63) is 24.5 Å². The predicted octanol–water partition coefficient (Wildman–Crippen LogP) is 1.15. The number of esters is 1. The molecule has 0 saturated carbocycles. The van der Waals surface area contributed by atoms with Gasteiger partial charge >= 0.3 is 12.1 Å². The Morgan fingerprint density at radius 2 is 2.29 bits per heavy atom. The third-order valence-electron chi connectivity index (χ3n) is 1.52. The highest BCUT2D eigenvalue weighted by atomic mass is 16.7. The minimum atomic E-state index is -0.836. The molecule has 5 heteroatoms. The predicted molar refractivity (Wildman–Crippen MR) is 46.3 cm³/mol. The zero-order chi connectivity index (χ0) is 10.7. The lowest BCUT2D eigenvalue weighted by Gasteiger charge is -2.23. The summed E-state index contributed by atoms with van der Waals surface area (Å²) in [4.78, 5) is 21.7. The van der Waals surface area contributed by atoms with Gasteiger partial charge in [-0.05, 0) is 6.92 Å². The standard InChI is InChI=1S/C9H10O5/c1-5(2)8(10)14-7-4-12-9(11)13-6(7)3/h7H,1,3-4H2,2H3. The van der Waals surface area contributed by atoms with Crippen molar-refractivity contribution in [1.82, 2.24) is 0 Å². The molecule has 5 nitrogen and oxygen atoms in total. The van der Waals surface area contributed by atoms with Crippen LogP contribution in [0.25, 0.3) is 0 Å². The van der Waals surface area contributed by atoms with E-state index in [9.17, 15) is 9.59 Å². The SMILES string of the molecule is C=C(C)C(=O)OC1COC(=O)OC1=C. The third-order valence-corrected chi connectivity index (χ3v) is 1.52. The van der Waals surface area contributed by atoms with Gasteiger partial charge in [0, 0.05) is 5.57 Å². The van der Waals surface area contributed by atoms with Crippen molar-refractivity contribution in [2.45, 2.75) is 13.0 Å². The summed E-state index contributed by atoms with van der Waals surface area (Å²) in [7, 11) is 0. The highest BCUT2D eigenvalue weighted by Gasteiger charge is 2.28. The number of carbonyl (C=O) groups is 2. The molecule has 0 aromatic heterocycles. The molecule has 0 bridgehead atoms. The van der Waals surface area contributed by atoms with Crippen LogP contribution < -0.4 is 0 Å². The van der Waals surface area contributed by atoms with Gasteiger partial charge in [-0.3, -0.25) is 0 Å². The molecule has 0 N–H and O–H groups in total. The van der Waals surface area contributed by atoms with Gasteiger partial charge in [-0.15, -0.1) is 0 Å². The zero-order valence-corrected chi connectivity index (χ0v) is 7.74. The maximum absolute atomic E-state index is 11.1. The van der Waals surface area contributed by atoms with Gasteiger partial charge in [0.05, 0.1) is 0 Å². The van der Waals surface area contributed by atoms with E-state index in [1.54, 1.807) is 0 Å². The minimum absolute atomic E-state index is 0.0656. The Bertz CT molecular complexity index is 304. The lowest BCUT2D eigenvalue weighted by Crippen LogP contribution is -2.33. The fourth-order valence-electron chi connectivity index (χ4n) is 0.768. The number of ether oxygens (including phenoxy) is 3. The van der Waals surface area contributed by atoms with Crippen molar-refractivity contribution in [2.75, 3.05) is 6.61 Å². The molecule has 1 heterocycles. The van der Waals surface area contributed by atoms with Crippen LogP contribution in [0.2, 0.25) is 0 Å². The van der Waals surface area contributed by atoms with Gasteiger partial charge in [0.1, 0.15) is 12.4 Å². The number of cyclic esters (lactones) is 2. The average Bonchev–Trinajstić information content (AvgIpc) is 2.09. The summed E-state index contributed by atoms with van der Waals surface area (Å²) in [6.45, 7) is 8.28. The van der Waals surface area contributed by atoms with E-state index < -0.39 is 18.2 Å². The van der Waals surface area contributed by atoms with E-state index >= 15 is 0 Å². The zero-order valence-electron chi connectivity index (χ0n) is 7.74. The molecule has 0 aromatic carbocycles. The largest absolute Gasteiger partial charge is 0.513 e. The van der Waals surface area contributed by atoms with E-state index in [1.807, 2.05) is 0 Å². The fourth-order valence-corrected chi connectivity index (χ4v) is 0.768. The van der Waals surface area contributed by atoms with Crippen LogP contribution in [0.15, 0.2) is 24.5 Å². The molecule has 1 aliphatic heterocycles. The van der Waals surface area contributed by atoms with Gasteiger partial charge in [-0.1, -0.05) is 13.2 Å². The van der Waals surface area contributed by atoms with Crippen molar-refractivity contribution in [3.63, 3.8) is 0 Å². The van der Waals surface area contributed by atoms with Crippen molar-refractivity contribution in [1.29, 1.82) is 0 Å². The highest BCUT2D eigenvalue weighted by molar-refractivity contribution is 5.87. The lowest BCUT2D eigenvalue weighted by molar-refractivity contribution is -0.148. The molecule has 1 atom stereocenters. The number of carbonyl (C=O) groups excluding carboxylic acids is 2. The molecule has 0 spiro atoms. The van der Waals surface area contributed by atoms with E-state index in [-0.39, 0.29) is 17.9 Å². The van der Waals surface area contributed by atoms with Gasteiger partial charge in [0.15, 0.2) is 6.10 Å². The number of rotatable bonds is 2. The van der Waals surface area contributed by atoms with Crippen molar-refractivity contribution >= 4 is 12.1 Å². The first-order chi connectivity index (χ1) is 6.50. The second-order valence-corrected chi connectivity index (χ2v) is 2.80. The molecule has 1 rings (SSSR count). The van der Waals surface area contributed by atoms with Crippen LogP contribution in [-0.4, -0.2) is 24.8 Å². The van der Waals surface area contributed by atoms with Crippen LogP contribution in [0.5, 0.6) is 0 Å². The van der Waals surface area contributed by atoms with Crippen LogP contribution in [-0.2, 0) is 19.0 Å². The van der Waals surface area contributed by atoms with E-state index in [2.05, 4.69) is 22.6 Å². The van der Waals surface area contributed by atoms with E-state index in [1.165, 1.54) is 6.92 Å². The van der Waals surface area contributed by atoms with Gasteiger partial charge in [-0.25, -0.2) is 9.59 Å². The molecule has 14 heavy (non-hydrogen) atoms. The average molecular weight is 198 g/mol. The fraction of sp³-hybridized carbons (Fsp3) is 0.333. The topological polar surface area (TPSA) is 61.8 Å². The molecule has 1 saturated heterocycles. The molecule has 0 aliphatic carbocycles. The molecular formula is C9H10O5. The normalized spacial score (nSPS) is 20.8. The van der Waals surface area contributed by atoms with Crippen LogP contribution in [0.4, 0.5) is 4.79 Å². The lowest BCUT2D eigenvalue weighted by atomic mass is 10.3. The molecule has 1 unspecified atom stereocenters. The molecular weight excluding hydrogens is 188 g/mol. The quantitative estimate of drug-likeness (QED) is 0.492. The van der Waals surface area contributed by atoms with Gasteiger partial charge in [0.2, 0.25) is 0 Å². The summed E-state index contributed by atoms with van der Waals surface area (Å²) in [5.74, 6) is -0.506. The van der Waals surface area contributed by atoms with E-state index in [4.69, 9.17) is 4.74 Å². The van der Waals surface area contributed by atoms with Crippen LogP contribution in [0, 0.1) is 0 Å². The molecule has 0 amide bonds. The Labute approximate surface area is 80.9 Å². The highest BCUT2D eigenvalue weighted by Crippen LogP contribution is 2.15. The molecule has 0 aromatic rings. The first-order valence-electron chi connectivity index (χ1n) is 3.90. The van der Waals surface area contributed by atoms with Crippen molar-refractivity contribution < 1.29 is 23.8 Å². The third kappa shape index (κ3) is 2.35. The Balaban J connectivity index is 2.54. The summed E-state index contributed by atoms with van der Waals surface area (Å²) in [6, 6.07) is 0. The van der Waals surface area contributed by atoms with E-state index in [0.717, 1.165) is 0 Å².